The lowest BCUT2D eigenvalue weighted by Crippen LogP contribution is -2.21. The highest BCUT2D eigenvalue weighted by molar-refractivity contribution is 5.84. The van der Waals surface area contributed by atoms with Gasteiger partial charge in [-0.05, 0) is 36.8 Å². The molecule has 4 heteroatoms. The van der Waals surface area contributed by atoms with E-state index < -0.39 is 11.9 Å². The van der Waals surface area contributed by atoms with E-state index in [-0.39, 0.29) is 5.69 Å². The highest BCUT2D eigenvalue weighted by Crippen LogP contribution is 2.43. The third-order valence-electron chi connectivity index (χ3n) is 3.96. The SMILES string of the molecule is O=C(Nc1ccccc1F)OC[C@H]1C[C@@H]2C=C[C@H]1C2. The summed E-state index contributed by atoms with van der Waals surface area (Å²) in [7, 11) is 0. The van der Waals surface area contributed by atoms with Crippen LogP contribution in [0.15, 0.2) is 36.4 Å². The van der Waals surface area contributed by atoms with Gasteiger partial charge in [-0.15, -0.1) is 0 Å². The van der Waals surface area contributed by atoms with Gasteiger partial charge in [0.1, 0.15) is 5.82 Å². The van der Waals surface area contributed by atoms with Crippen molar-refractivity contribution < 1.29 is 13.9 Å². The van der Waals surface area contributed by atoms with E-state index in [0.717, 1.165) is 6.42 Å². The quantitative estimate of drug-likeness (QED) is 0.844. The Bertz CT molecular complexity index is 515. The monoisotopic (exact) mass is 261 g/mol. The number of hydrogen-bond acceptors (Lipinski definition) is 2. The van der Waals surface area contributed by atoms with Crippen molar-refractivity contribution in [1.82, 2.24) is 0 Å². The van der Waals surface area contributed by atoms with Crippen LogP contribution in [0.4, 0.5) is 14.9 Å². The molecule has 3 atom stereocenters. The summed E-state index contributed by atoms with van der Waals surface area (Å²) in [6.45, 7) is 0.409. The summed E-state index contributed by atoms with van der Waals surface area (Å²) in [4.78, 5) is 11.6. The molecule has 1 amide bonds. The van der Waals surface area contributed by atoms with Gasteiger partial charge < -0.3 is 4.74 Å². The van der Waals surface area contributed by atoms with E-state index in [1.807, 2.05) is 0 Å². The first-order valence-electron chi connectivity index (χ1n) is 6.59. The van der Waals surface area contributed by atoms with Crippen LogP contribution in [0.2, 0.25) is 0 Å². The van der Waals surface area contributed by atoms with Gasteiger partial charge in [-0.3, -0.25) is 5.32 Å². The molecule has 1 fully saturated rings. The lowest BCUT2D eigenvalue weighted by molar-refractivity contribution is 0.133. The number of amides is 1. The Hall–Kier alpha value is -1.84. The van der Waals surface area contributed by atoms with Crippen LogP contribution in [0.5, 0.6) is 0 Å². The summed E-state index contributed by atoms with van der Waals surface area (Å²) in [5.41, 5.74) is 0.153. The fraction of sp³-hybridized carbons (Fsp3) is 0.400. The first kappa shape index (κ1) is 12.2. The van der Waals surface area contributed by atoms with Crippen molar-refractivity contribution >= 4 is 11.8 Å². The molecule has 3 rings (SSSR count). The number of carbonyl (C=O) groups is 1. The average Bonchev–Trinajstić information content (AvgIpc) is 3.01. The lowest BCUT2D eigenvalue weighted by atomic mass is 9.95. The summed E-state index contributed by atoms with van der Waals surface area (Å²) in [6.07, 6.45) is 6.16. The van der Waals surface area contributed by atoms with E-state index in [1.54, 1.807) is 12.1 Å². The second-order valence-corrected chi connectivity index (χ2v) is 5.24. The number of nitrogens with one attached hydrogen (secondary N) is 1. The molecule has 2 bridgehead atoms. The third kappa shape index (κ3) is 2.62. The summed E-state index contributed by atoms with van der Waals surface area (Å²) < 4.78 is 18.5. The van der Waals surface area contributed by atoms with Gasteiger partial charge in [-0.1, -0.05) is 24.3 Å². The highest BCUT2D eigenvalue weighted by atomic mass is 19.1. The van der Waals surface area contributed by atoms with E-state index in [0.29, 0.717) is 24.4 Å². The molecule has 0 aromatic heterocycles. The molecule has 3 nitrogen and oxygen atoms in total. The predicted octanol–water partition coefficient (Wildman–Crippen LogP) is 3.59. The third-order valence-corrected chi connectivity index (χ3v) is 3.96. The fourth-order valence-corrected chi connectivity index (χ4v) is 2.98. The van der Waals surface area contributed by atoms with Crippen LogP contribution in [0.3, 0.4) is 0 Å². The molecule has 0 radical (unpaired) electrons. The number of halogens is 1. The predicted molar refractivity (Wildman–Crippen MR) is 70.2 cm³/mol. The Morgan fingerprint density at radius 3 is 2.84 bits per heavy atom. The molecular formula is C15H16FNO2. The lowest BCUT2D eigenvalue weighted by Gasteiger charge is -2.17. The largest absolute Gasteiger partial charge is 0.449 e. The van der Waals surface area contributed by atoms with Crippen molar-refractivity contribution in [3.8, 4) is 0 Å². The maximum Gasteiger partial charge on any atom is 0.411 e. The van der Waals surface area contributed by atoms with Gasteiger partial charge in [0.2, 0.25) is 0 Å². The molecule has 0 spiro atoms. The summed E-state index contributed by atoms with van der Waals surface area (Å²) in [5, 5.41) is 2.42. The van der Waals surface area contributed by atoms with Crippen LogP contribution in [0.25, 0.3) is 0 Å². The summed E-state index contributed by atoms with van der Waals surface area (Å²) >= 11 is 0. The van der Waals surface area contributed by atoms with Gasteiger partial charge in [-0.2, -0.15) is 0 Å². The number of hydrogen-bond donors (Lipinski definition) is 1. The van der Waals surface area contributed by atoms with Crippen LogP contribution in [0, 0.1) is 23.6 Å². The van der Waals surface area contributed by atoms with Crippen molar-refractivity contribution in [3.63, 3.8) is 0 Å². The number of rotatable bonds is 3. The standard InChI is InChI=1S/C15H16FNO2/c16-13-3-1-2-4-14(13)17-15(18)19-9-12-8-10-5-6-11(12)7-10/h1-6,10-12H,7-9H2,(H,17,18)/t10-,11+,12-/m1/s1. The van der Waals surface area contributed by atoms with Crippen LogP contribution in [0.1, 0.15) is 12.8 Å². The van der Waals surface area contributed by atoms with Crippen LogP contribution < -0.4 is 5.32 Å². The summed E-state index contributed by atoms with van der Waals surface area (Å²) in [5.74, 6) is 1.17. The molecule has 1 N–H and O–H groups in total. The Balaban J connectivity index is 1.50. The Morgan fingerprint density at radius 1 is 1.32 bits per heavy atom. The van der Waals surface area contributed by atoms with Gasteiger partial charge in [0.25, 0.3) is 0 Å². The normalized spacial score (nSPS) is 27.5. The average molecular weight is 261 g/mol. The van der Waals surface area contributed by atoms with Crippen molar-refractivity contribution in [2.75, 3.05) is 11.9 Å². The smallest absolute Gasteiger partial charge is 0.411 e. The topological polar surface area (TPSA) is 38.3 Å². The molecule has 1 saturated carbocycles. The minimum Gasteiger partial charge on any atom is -0.449 e. The molecule has 1 aromatic carbocycles. The van der Waals surface area contributed by atoms with Gasteiger partial charge in [0.15, 0.2) is 0 Å². The Morgan fingerprint density at radius 2 is 2.16 bits per heavy atom. The van der Waals surface area contributed by atoms with Gasteiger partial charge >= 0.3 is 6.09 Å². The number of allylic oxidation sites excluding steroid dienone is 2. The van der Waals surface area contributed by atoms with Gasteiger partial charge in [0.05, 0.1) is 12.3 Å². The molecule has 0 saturated heterocycles. The summed E-state index contributed by atoms with van der Waals surface area (Å²) in [6, 6.07) is 6.06. The van der Waals surface area contributed by atoms with Crippen molar-refractivity contribution in [3.05, 3.63) is 42.2 Å². The minimum atomic E-state index is -0.586. The molecule has 0 heterocycles. The number of carbonyl (C=O) groups excluding carboxylic acids is 1. The zero-order valence-electron chi connectivity index (χ0n) is 10.5. The molecule has 19 heavy (non-hydrogen) atoms. The second kappa shape index (κ2) is 5.03. The molecule has 2 aliphatic rings. The van der Waals surface area contributed by atoms with Crippen molar-refractivity contribution in [2.45, 2.75) is 12.8 Å². The van der Waals surface area contributed by atoms with E-state index in [9.17, 15) is 9.18 Å². The van der Waals surface area contributed by atoms with Crippen LogP contribution in [-0.4, -0.2) is 12.7 Å². The number of fused-ring (bicyclic) bond motifs is 2. The van der Waals surface area contributed by atoms with Crippen molar-refractivity contribution in [2.24, 2.45) is 17.8 Å². The molecule has 2 aliphatic carbocycles. The van der Waals surface area contributed by atoms with Gasteiger partial charge in [-0.25, -0.2) is 9.18 Å². The molecule has 1 aromatic rings. The zero-order valence-corrected chi connectivity index (χ0v) is 10.5. The zero-order chi connectivity index (χ0) is 13.2. The molecular weight excluding hydrogens is 245 g/mol. The maximum absolute atomic E-state index is 13.3. The highest BCUT2D eigenvalue weighted by Gasteiger charge is 2.36. The van der Waals surface area contributed by atoms with E-state index >= 15 is 0 Å². The minimum absolute atomic E-state index is 0.153. The first-order valence-corrected chi connectivity index (χ1v) is 6.59. The van der Waals surface area contributed by atoms with Crippen molar-refractivity contribution in [1.29, 1.82) is 0 Å². The second-order valence-electron chi connectivity index (χ2n) is 5.24. The molecule has 100 valence electrons. The van der Waals surface area contributed by atoms with E-state index in [1.165, 1.54) is 18.6 Å². The van der Waals surface area contributed by atoms with Crippen LogP contribution in [-0.2, 0) is 4.74 Å². The number of para-hydroxylation sites is 1. The fourth-order valence-electron chi connectivity index (χ4n) is 2.98. The maximum atomic E-state index is 13.3. The Labute approximate surface area is 111 Å². The van der Waals surface area contributed by atoms with E-state index in [2.05, 4.69) is 17.5 Å². The first-order chi connectivity index (χ1) is 9.22. The van der Waals surface area contributed by atoms with Gasteiger partial charge in [0, 0.05) is 5.92 Å². The molecule has 0 unspecified atom stereocenters. The molecule has 0 aliphatic heterocycles. The Kier molecular flexibility index (Phi) is 3.23. The van der Waals surface area contributed by atoms with Crippen LogP contribution >= 0.6 is 0 Å². The number of anilines is 1. The number of ether oxygens (including phenoxy) is 1. The number of benzene rings is 1. The van der Waals surface area contributed by atoms with E-state index in [4.69, 9.17) is 4.74 Å².